The predicted molar refractivity (Wildman–Crippen MR) is 119 cm³/mol. The number of methoxy groups -OCH3 is 1. The van der Waals surface area contributed by atoms with E-state index in [1.807, 2.05) is 0 Å². The summed E-state index contributed by atoms with van der Waals surface area (Å²) in [6.07, 6.45) is -8.54. The predicted octanol–water partition coefficient (Wildman–Crippen LogP) is 1.85. The average molecular weight is 552 g/mol. The molecule has 3 aliphatic rings. The quantitative estimate of drug-likeness (QED) is 0.425. The summed E-state index contributed by atoms with van der Waals surface area (Å²) in [5.74, 6) is -9.41. The molecular weight excluding hydrogens is 521 g/mol. The zero-order valence-corrected chi connectivity index (χ0v) is 21.0. The van der Waals surface area contributed by atoms with Gasteiger partial charge in [-0.25, -0.2) is 13.6 Å². The van der Waals surface area contributed by atoms with E-state index in [-0.39, 0.29) is 19.3 Å². The summed E-state index contributed by atoms with van der Waals surface area (Å²) < 4.78 is 75.8. The minimum Gasteiger partial charge on any atom is -0.453 e. The summed E-state index contributed by atoms with van der Waals surface area (Å²) in [7, 11) is 0.987. The van der Waals surface area contributed by atoms with Crippen molar-refractivity contribution >= 4 is 23.8 Å². The summed E-state index contributed by atoms with van der Waals surface area (Å²) in [6.45, 7) is 1.86. The first-order valence-corrected chi connectivity index (χ1v) is 12.1. The highest BCUT2D eigenvalue weighted by Crippen LogP contribution is 2.41. The maximum absolute atomic E-state index is 15.2. The first-order chi connectivity index (χ1) is 17.5. The van der Waals surface area contributed by atoms with Crippen LogP contribution >= 0.6 is 0 Å². The number of rotatable bonds is 1. The Morgan fingerprint density at radius 3 is 2.34 bits per heavy atom. The smallest absolute Gasteiger partial charge is 0.407 e. The number of alkyl carbamates (subject to hydrolysis) is 1. The molecule has 3 heterocycles. The van der Waals surface area contributed by atoms with Gasteiger partial charge in [-0.1, -0.05) is 13.8 Å². The molecule has 15 heteroatoms. The fraction of sp³-hybridized carbons (Fsp3) is 0.783. The number of nitrogens with zero attached hydrogens (tertiary/aromatic N) is 2. The van der Waals surface area contributed by atoms with Gasteiger partial charge in [0, 0.05) is 18.9 Å². The molecule has 0 unspecified atom stereocenters. The first-order valence-electron chi connectivity index (χ1n) is 12.1. The zero-order valence-electron chi connectivity index (χ0n) is 21.0. The average Bonchev–Trinajstić information content (AvgIpc) is 3.44. The molecule has 3 N–H and O–H groups in total. The van der Waals surface area contributed by atoms with Crippen LogP contribution in [-0.4, -0.2) is 78.6 Å². The second kappa shape index (κ2) is 10.5. The van der Waals surface area contributed by atoms with Gasteiger partial charge in [-0.2, -0.15) is 18.4 Å². The molecule has 3 aliphatic heterocycles. The Morgan fingerprint density at radius 1 is 1.11 bits per heavy atom. The van der Waals surface area contributed by atoms with Crippen LogP contribution in [-0.2, 0) is 19.1 Å². The van der Waals surface area contributed by atoms with Gasteiger partial charge in [0.15, 0.2) is 0 Å². The third kappa shape index (κ3) is 6.10. The van der Waals surface area contributed by atoms with Gasteiger partial charge < -0.3 is 25.6 Å². The number of hydrogen-bond donors (Lipinski definition) is 3. The number of nitrogens with one attached hydrogen (secondary N) is 3. The standard InChI is InChI=1S/C23H30F5N5O5/c1-21(2)4-5-22(24,25)15-7-11(17(34)31-15)6-13(9-29)30-18(35)14-8-12(23(26,27)28)10-33(14)19(36)16(21)32-20(37)38-3/h11-16H,4-8,10H2,1-3H3,(H,30,35)(H,31,34)(H,32,37)/t11-,12-,13+,14+,15+,16-/m1/s1. The number of carbonyl (C=O) groups excluding carboxylic acids is 4. The maximum Gasteiger partial charge on any atom is 0.407 e. The number of hydrogen-bond acceptors (Lipinski definition) is 6. The van der Waals surface area contributed by atoms with Crippen molar-refractivity contribution < 1.29 is 45.9 Å². The maximum atomic E-state index is 15.2. The lowest BCUT2D eigenvalue weighted by molar-refractivity contribution is -0.171. The lowest BCUT2D eigenvalue weighted by Gasteiger charge is -2.38. The van der Waals surface area contributed by atoms with E-state index in [9.17, 15) is 37.6 Å². The van der Waals surface area contributed by atoms with Crippen molar-refractivity contribution in [2.45, 2.75) is 82.2 Å². The minimum absolute atomic E-state index is 0.325. The third-order valence-corrected chi connectivity index (χ3v) is 7.64. The summed E-state index contributed by atoms with van der Waals surface area (Å²) in [4.78, 5) is 51.9. The Balaban J connectivity index is 2.06. The van der Waals surface area contributed by atoms with Crippen LogP contribution in [0.15, 0.2) is 0 Å². The topological polar surface area (TPSA) is 141 Å². The van der Waals surface area contributed by atoms with Crippen molar-refractivity contribution in [3.63, 3.8) is 0 Å². The lowest BCUT2D eigenvalue weighted by atomic mass is 9.77. The van der Waals surface area contributed by atoms with E-state index in [0.29, 0.717) is 4.90 Å². The Labute approximate surface area is 215 Å². The molecule has 0 aliphatic carbocycles. The van der Waals surface area contributed by atoms with Crippen molar-refractivity contribution in [3.8, 4) is 6.07 Å². The molecule has 0 saturated carbocycles. The third-order valence-electron chi connectivity index (χ3n) is 7.64. The molecule has 3 saturated heterocycles. The summed E-state index contributed by atoms with van der Waals surface area (Å²) >= 11 is 0. The largest absolute Gasteiger partial charge is 0.453 e. The molecule has 0 aromatic rings. The molecule has 212 valence electrons. The van der Waals surface area contributed by atoms with Crippen LogP contribution in [0.1, 0.15) is 46.0 Å². The van der Waals surface area contributed by atoms with Crippen molar-refractivity contribution in [2.24, 2.45) is 17.3 Å². The minimum atomic E-state index is -4.76. The van der Waals surface area contributed by atoms with Crippen LogP contribution < -0.4 is 16.0 Å². The van der Waals surface area contributed by atoms with E-state index < -0.39 is 96.7 Å². The highest BCUT2D eigenvalue weighted by Gasteiger charge is 2.54. The number of ether oxygens (including phenoxy) is 1. The van der Waals surface area contributed by atoms with Gasteiger partial charge in [-0.15, -0.1) is 0 Å². The molecule has 38 heavy (non-hydrogen) atoms. The Morgan fingerprint density at radius 2 is 1.76 bits per heavy atom. The van der Waals surface area contributed by atoms with Crippen LogP contribution in [0.3, 0.4) is 0 Å². The highest BCUT2D eigenvalue weighted by molar-refractivity contribution is 5.92. The van der Waals surface area contributed by atoms with Crippen LogP contribution in [0.5, 0.6) is 0 Å². The molecule has 3 fully saturated rings. The van der Waals surface area contributed by atoms with Crippen LogP contribution in [0.2, 0.25) is 0 Å². The number of fused-ring (bicyclic) bond motifs is 3. The molecule has 0 aromatic carbocycles. The van der Waals surface area contributed by atoms with Gasteiger partial charge in [0.05, 0.1) is 25.1 Å². The summed E-state index contributed by atoms with van der Waals surface area (Å²) in [6, 6.07) is -4.48. The molecule has 6 atom stereocenters. The van der Waals surface area contributed by atoms with Crippen molar-refractivity contribution in [3.05, 3.63) is 0 Å². The molecule has 2 bridgehead atoms. The monoisotopic (exact) mass is 551 g/mol. The van der Waals surface area contributed by atoms with E-state index in [2.05, 4.69) is 20.7 Å². The normalized spacial score (nSPS) is 33.7. The van der Waals surface area contributed by atoms with Gasteiger partial charge in [0.2, 0.25) is 17.7 Å². The van der Waals surface area contributed by atoms with Crippen LogP contribution in [0, 0.1) is 28.6 Å². The molecule has 0 aromatic heterocycles. The molecule has 0 radical (unpaired) electrons. The Kier molecular flexibility index (Phi) is 8.14. The van der Waals surface area contributed by atoms with E-state index in [0.717, 1.165) is 7.11 Å². The van der Waals surface area contributed by atoms with E-state index in [1.165, 1.54) is 13.8 Å². The van der Waals surface area contributed by atoms with Crippen molar-refractivity contribution in [2.75, 3.05) is 13.7 Å². The molecule has 10 nitrogen and oxygen atoms in total. The number of carbonyl (C=O) groups is 4. The molecule has 0 spiro atoms. The van der Waals surface area contributed by atoms with Crippen LogP contribution in [0.25, 0.3) is 0 Å². The SMILES string of the molecule is COC(=O)N[C@@H]1C(=O)N2C[C@H](C(F)(F)F)C[C@H]2C(=O)N[C@H](C#N)C[C@@H]2C[C@H](NC2=O)C(F)(F)CCC1(C)C. The van der Waals surface area contributed by atoms with Gasteiger partial charge in [0.1, 0.15) is 18.1 Å². The number of alkyl halides is 5. The van der Waals surface area contributed by atoms with E-state index >= 15 is 8.78 Å². The lowest BCUT2D eigenvalue weighted by Crippen LogP contribution is -2.59. The number of amides is 4. The highest BCUT2D eigenvalue weighted by atomic mass is 19.4. The Bertz CT molecular complexity index is 1010. The van der Waals surface area contributed by atoms with Crippen LogP contribution in [0.4, 0.5) is 26.7 Å². The molecule has 3 rings (SSSR count). The van der Waals surface area contributed by atoms with Crippen molar-refractivity contribution in [1.29, 1.82) is 5.26 Å². The second-order valence-electron chi connectivity index (χ2n) is 10.7. The van der Waals surface area contributed by atoms with Gasteiger partial charge in [0.25, 0.3) is 5.92 Å². The first kappa shape index (κ1) is 29.4. The number of nitriles is 1. The van der Waals surface area contributed by atoms with Crippen molar-refractivity contribution in [1.82, 2.24) is 20.9 Å². The van der Waals surface area contributed by atoms with E-state index in [4.69, 9.17) is 0 Å². The Hall–Kier alpha value is -3.18. The van der Waals surface area contributed by atoms with E-state index in [1.54, 1.807) is 6.07 Å². The van der Waals surface area contributed by atoms with Gasteiger partial charge in [-0.05, 0) is 31.1 Å². The second-order valence-corrected chi connectivity index (χ2v) is 10.7. The fourth-order valence-electron chi connectivity index (χ4n) is 5.22. The molecule has 4 amide bonds. The summed E-state index contributed by atoms with van der Waals surface area (Å²) in [5.41, 5.74) is -1.44. The number of halogens is 5. The zero-order chi connectivity index (χ0) is 28.6. The molecular formula is C23H30F5N5O5. The summed E-state index contributed by atoms with van der Waals surface area (Å²) in [5, 5.41) is 16.3. The van der Waals surface area contributed by atoms with Gasteiger partial charge >= 0.3 is 12.3 Å². The fourth-order valence-corrected chi connectivity index (χ4v) is 5.22. The van der Waals surface area contributed by atoms with Gasteiger partial charge in [-0.3, -0.25) is 14.4 Å².